The third-order valence-corrected chi connectivity index (χ3v) is 3.25. The summed E-state index contributed by atoms with van der Waals surface area (Å²) in [5.41, 5.74) is 2.38. The second-order valence-electron chi connectivity index (χ2n) is 3.90. The van der Waals surface area contributed by atoms with Gasteiger partial charge in [0.15, 0.2) is 17.5 Å². The van der Waals surface area contributed by atoms with Gasteiger partial charge in [-0.15, -0.1) is 4.68 Å². The summed E-state index contributed by atoms with van der Waals surface area (Å²) >= 11 is 6.22. The molecule has 3 aromatic heterocycles. The lowest BCUT2D eigenvalue weighted by Crippen LogP contribution is -2.35. The van der Waals surface area contributed by atoms with E-state index in [1.54, 1.807) is 4.68 Å². The summed E-state index contributed by atoms with van der Waals surface area (Å²) in [6.45, 7) is 1.94. The van der Waals surface area contributed by atoms with Gasteiger partial charge in [-0.25, -0.2) is 10.1 Å². The molecule has 0 fully saturated rings. The third kappa shape index (κ3) is 1.70. The number of carbonyl (C=O) groups excluding carboxylic acids is 1. The highest BCUT2D eigenvalue weighted by atomic mass is 35.5. The Labute approximate surface area is 112 Å². The van der Waals surface area contributed by atoms with Gasteiger partial charge in [0.25, 0.3) is 0 Å². The second-order valence-corrected chi connectivity index (χ2v) is 4.26. The maximum absolute atomic E-state index is 11.1. The molecule has 0 aliphatic heterocycles. The van der Waals surface area contributed by atoms with E-state index in [4.69, 9.17) is 11.6 Å². The molecule has 0 radical (unpaired) electrons. The lowest BCUT2D eigenvalue weighted by molar-refractivity contribution is -0.655. The Morgan fingerprint density at radius 2 is 2.26 bits per heavy atom. The molecule has 3 heterocycles. The first-order valence-corrected chi connectivity index (χ1v) is 6.06. The van der Waals surface area contributed by atoms with Gasteiger partial charge >= 0.3 is 5.82 Å². The highest BCUT2D eigenvalue weighted by Gasteiger charge is 2.25. The van der Waals surface area contributed by atoms with Crippen molar-refractivity contribution in [2.45, 2.75) is 13.3 Å². The van der Waals surface area contributed by atoms with E-state index < -0.39 is 0 Å². The minimum atomic E-state index is 0.293. The molecule has 96 valence electrons. The Balaban J connectivity index is 2.30. The van der Waals surface area contributed by atoms with Gasteiger partial charge in [-0.1, -0.05) is 6.92 Å². The van der Waals surface area contributed by atoms with Crippen LogP contribution in [0.15, 0.2) is 12.7 Å². The van der Waals surface area contributed by atoms with E-state index in [1.165, 1.54) is 12.7 Å². The van der Waals surface area contributed by atoms with Crippen molar-refractivity contribution in [3.63, 3.8) is 0 Å². The van der Waals surface area contributed by atoms with Crippen molar-refractivity contribution in [2.24, 2.45) is 0 Å². The minimum Gasteiger partial charge on any atom is -0.336 e. The minimum absolute atomic E-state index is 0.293. The number of aromatic nitrogens is 6. The molecule has 0 saturated heterocycles. The number of H-pyrrole nitrogens is 2. The number of fused-ring (bicyclic) bond motifs is 1. The summed E-state index contributed by atoms with van der Waals surface area (Å²) in [5, 5.41) is 3.36. The summed E-state index contributed by atoms with van der Waals surface area (Å²) in [6, 6.07) is 0. The number of nitrogens with one attached hydrogen (secondary N) is 2. The van der Waals surface area contributed by atoms with Crippen molar-refractivity contribution < 1.29 is 9.48 Å². The van der Waals surface area contributed by atoms with Crippen molar-refractivity contribution in [3.05, 3.63) is 29.1 Å². The first-order chi connectivity index (χ1) is 9.26. The van der Waals surface area contributed by atoms with Crippen LogP contribution in [0.5, 0.6) is 0 Å². The van der Waals surface area contributed by atoms with Crippen molar-refractivity contribution in [2.75, 3.05) is 0 Å². The fourth-order valence-corrected chi connectivity index (χ4v) is 2.23. The molecule has 19 heavy (non-hydrogen) atoms. The summed E-state index contributed by atoms with van der Waals surface area (Å²) in [5.74, 6) is 0.523. The number of aryl methyl sites for hydroxylation is 1. The SMILES string of the molecule is CCc1[nH][n+](-c2ncnc3nc[nH]c23)c(Cl)c1C=O. The van der Waals surface area contributed by atoms with Crippen LogP contribution in [0, 0.1) is 0 Å². The maximum Gasteiger partial charge on any atom is 0.377 e. The van der Waals surface area contributed by atoms with Crippen LogP contribution in [0.3, 0.4) is 0 Å². The molecule has 0 unspecified atom stereocenters. The normalized spacial score (nSPS) is 11.1. The highest BCUT2D eigenvalue weighted by molar-refractivity contribution is 6.31. The molecule has 0 amide bonds. The molecular weight excluding hydrogens is 268 g/mol. The number of carbonyl (C=O) groups is 1. The molecule has 3 aromatic rings. The van der Waals surface area contributed by atoms with Gasteiger partial charge in [-0.2, -0.15) is 4.98 Å². The first kappa shape index (κ1) is 11.8. The van der Waals surface area contributed by atoms with Gasteiger partial charge in [0, 0.05) is 0 Å². The second kappa shape index (κ2) is 4.43. The highest BCUT2D eigenvalue weighted by Crippen LogP contribution is 2.17. The Bertz CT molecular complexity index is 762. The van der Waals surface area contributed by atoms with E-state index >= 15 is 0 Å². The van der Waals surface area contributed by atoms with Crippen LogP contribution in [0.25, 0.3) is 17.0 Å². The zero-order chi connectivity index (χ0) is 13.4. The maximum atomic E-state index is 11.1. The fraction of sp³-hybridized carbons (Fsp3) is 0.182. The average molecular weight is 278 g/mol. The van der Waals surface area contributed by atoms with Crippen LogP contribution in [0.4, 0.5) is 0 Å². The van der Waals surface area contributed by atoms with Crippen molar-refractivity contribution >= 4 is 29.1 Å². The molecule has 0 atom stereocenters. The summed E-state index contributed by atoms with van der Waals surface area (Å²) < 4.78 is 1.55. The topological polar surface area (TPSA) is 91.2 Å². The van der Waals surface area contributed by atoms with Gasteiger partial charge in [-0.3, -0.25) is 4.79 Å². The first-order valence-electron chi connectivity index (χ1n) is 5.68. The molecule has 0 aliphatic carbocycles. The number of aldehydes is 1. The van der Waals surface area contributed by atoms with Crippen LogP contribution in [-0.2, 0) is 6.42 Å². The van der Waals surface area contributed by atoms with E-state index in [0.29, 0.717) is 34.1 Å². The molecule has 0 saturated carbocycles. The van der Waals surface area contributed by atoms with Crippen LogP contribution in [0.2, 0.25) is 5.15 Å². The monoisotopic (exact) mass is 277 g/mol. The van der Waals surface area contributed by atoms with Crippen LogP contribution in [0.1, 0.15) is 23.0 Å². The predicted octanol–water partition coefficient (Wildman–Crippen LogP) is 0.986. The smallest absolute Gasteiger partial charge is 0.336 e. The molecule has 2 N–H and O–H groups in total. The number of hydrogen-bond donors (Lipinski definition) is 2. The van der Waals surface area contributed by atoms with Gasteiger partial charge in [0.1, 0.15) is 0 Å². The Kier molecular flexibility index (Phi) is 2.75. The zero-order valence-corrected chi connectivity index (χ0v) is 10.8. The largest absolute Gasteiger partial charge is 0.377 e. The van der Waals surface area contributed by atoms with E-state index in [2.05, 4.69) is 25.0 Å². The van der Waals surface area contributed by atoms with E-state index in [1.807, 2.05) is 6.92 Å². The molecule has 8 heteroatoms. The lowest BCUT2D eigenvalue weighted by Gasteiger charge is -1.93. The standard InChI is InChI=1S/C11H9ClN6O/c1-2-7-6(3-19)9(12)18(17-7)11-8-10(14-4-13-8)15-5-16-11/h3-5H,2H2,1H3,(H,13,14,15,16)/p+1. The van der Waals surface area contributed by atoms with Gasteiger partial charge in [0.2, 0.25) is 11.5 Å². The molecule has 0 aliphatic rings. The number of hydrogen-bond acceptors (Lipinski definition) is 4. The van der Waals surface area contributed by atoms with E-state index in [9.17, 15) is 4.79 Å². The molecule has 7 nitrogen and oxygen atoms in total. The van der Waals surface area contributed by atoms with E-state index in [0.717, 1.165) is 12.0 Å². The third-order valence-electron chi connectivity index (χ3n) is 2.88. The molecule has 0 bridgehead atoms. The Morgan fingerprint density at radius 1 is 1.42 bits per heavy atom. The van der Waals surface area contributed by atoms with Crippen molar-refractivity contribution in [3.8, 4) is 5.82 Å². The predicted molar refractivity (Wildman–Crippen MR) is 67.3 cm³/mol. The summed E-state index contributed by atoms with van der Waals surface area (Å²) in [4.78, 5) is 26.3. The summed E-state index contributed by atoms with van der Waals surface area (Å²) in [7, 11) is 0. The Morgan fingerprint density at radius 3 is 2.95 bits per heavy atom. The van der Waals surface area contributed by atoms with Crippen LogP contribution in [-0.4, -0.2) is 31.3 Å². The molecule has 3 rings (SSSR count). The number of imidazole rings is 1. The van der Waals surface area contributed by atoms with Crippen LogP contribution < -0.4 is 4.68 Å². The molecule has 0 spiro atoms. The van der Waals surface area contributed by atoms with Crippen molar-refractivity contribution in [1.29, 1.82) is 0 Å². The zero-order valence-electron chi connectivity index (χ0n) is 10.0. The van der Waals surface area contributed by atoms with Gasteiger partial charge < -0.3 is 4.98 Å². The number of halogens is 1. The number of rotatable bonds is 3. The van der Waals surface area contributed by atoms with E-state index in [-0.39, 0.29) is 0 Å². The van der Waals surface area contributed by atoms with Crippen molar-refractivity contribution in [1.82, 2.24) is 25.0 Å². The number of nitrogens with zero attached hydrogens (tertiary/aromatic N) is 4. The molecule has 0 aromatic carbocycles. The Hall–Kier alpha value is -2.28. The van der Waals surface area contributed by atoms with Gasteiger partial charge in [0.05, 0.1) is 17.6 Å². The fourth-order valence-electron chi connectivity index (χ4n) is 1.95. The number of aromatic amines is 2. The summed E-state index contributed by atoms with van der Waals surface area (Å²) in [6.07, 6.45) is 4.33. The lowest BCUT2D eigenvalue weighted by atomic mass is 10.2. The average Bonchev–Trinajstić information content (AvgIpc) is 3.02. The van der Waals surface area contributed by atoms with Gasteiger partial charge in [-0.05, 0) is 23.0 Å². The molecular formula is C11H10ClN6O+. The van der Waals surface area contributed by atoms with Crippen LogP contribution >= 0.6 is 11.6 Å². The quantitative estimate of drug-likeness (QED) is 0.552.